The molecule has 2 aromatic carbocycles. The number of nitrogens with zero attached hydrogens (tertiary/aromatic N) is 2. The van der Waals surface area contributed by atoms with E-state index in [1.807, 2.05) is 31.2 Å². The van der Waals surface area contributed by atoms with Crippen molar-refractivity contribution in [3.05, 3.63) is 70.3 Å². The van der Waals surface area contributed by atoms with Crippen molar-refractivity contribution in [2.75, 3.05) is 16.8 Å². The number of hydrogen-bond acceptors (Lipinski definition) is 3. The molecule has 0 atom stereocenters. The third kappa shape index (κ3) is 4.56. The van der Waals surface area contributed by atoms with Crippen LogP contribution in [0.3, 0.4) is 0 Å². The fourth-order valence-corrected chi connectivity index (χ4v) is 4.30. The SMILES string of the molecule is CCc1ccc(NC(=O)/C(C#N)=C\c2cc3c(cc2C)N(CC)C(C)(C)C=C3C)cc1. The normalized spacial score (nSPS) is 15.1. The van der Waals surface area contributed by atoms with Crippen molar-refractivity contribution in [2.24, 2.45) is 0 Å². The molecule has 0 unspecified atom stereocenters. The summed E-state index contributed by atoms with van der Waals surface area (Å²) in [5.41, 5.74) is 7.39. The molecule has 0 fully saturated rings. The predicted molar refractivity (Wildman–Crippen MR) is 130 cm³/mol. The molecule has 0 aromatic heterocycles. The Bertz CT molecular complexity index is 1100. The quantitative estimate of drug-likeness (QED) is 0.474. The fourth-order valence-electron chi connectivity index (χ4n) is 4.30. The first-order valence-corrected chi connectivity index (χ1v) is 10.8. The largest absolute Gasteiger partial charge is 0.363 e. The Balaban J connectivity index is 1.95. The maximum absolute atomic E-state index is 12.7. The van der Waals surface area contributed by atoms with Crippen LogP contribution in [-0.4, -0.2) is 18.0 Å². The molecule has 1 aliphatic heterocycles. The van der Waals surface area contributed by atoms with E-state index in [0.717, 1.165) is 29.7 Å². The van der Waals surface area contributed by atoms with Crippen LogP contribution in [0, 0.1) is 18.3 Å². The van der Waals surface area contributed by atoms with Crippen LogP contribution < -0.4 is 10.2 Å². The van der Waals surface area contributed by atoms with E-state index in [-0.39, 0.29) is 11.1 Å². The van der Waals surface area contributed by atoms with Gasteiger partial charge in [0.05, 0.1) is 5.54 Å². The molecular formula is C27H31N3O. The Labute approximate surface area is 185 Å². The van der Waals surface area contributed by atoms with Crippen molar-refractivity contribution >= 4 is 28.9 Å². The van der Waals surface area contributed by atoms with E-state index in [1.54, 1.807) is 6.08 Å². The van der Waals surface area contributed by atoms with Crippen LogP contribution in [0.15, 0.2) is 48.0 Å². The Morgan fingerprint density at radius 2 is 1.84 bits per heavy atom. The summed E-state index contributed by atoms with van der Waals surface area (Å²) in [7, 11) is 0. The average Bonchev–Trinajstić information content (AvgIpc) is 2.72. The monoisotopic (exact) mass is 413 g/mol. The van der Waals surface area contributed by atoms with Crippen LogP contribution in [0.4, 0.5) is 11.4 Å². The first-order chi connectivity index (χ1) is 14.7. The van der Waals surface area contributed by atoms with Crippen LogP contribution in [0.2, 0.25) is 0 Å². The van der Waals surface area contributed by atoms with E-state index in [4.69, 9.17) is 0 Å². The lowest BCUT2D eigenvalue weighted by Gasteiger charge is -2.43. The minimum atomic E-state index is -0.396. The van der Waals surface area contributed by atoms with Gasteiger partial charge in [0.25, 0.3) is 5.91 Å². The molecule has 2 aromatic rings. The number of anilines is 2. The number of allylic oxidation sites excluding steroid dienone is 1. The Kier molecular flexibility index (Phi) is 6.36. The molecule has 1 amide bonds. The Morgan fingerprint density at radius 1 is 1.16 bits per heavy atom. The van der Waals surface area contributed by atoms with Gasteiger partial charge in [-0.25, -0.2) is 0 Å². The summed E-state index contributed by atoms with van der Waals surface area (Å²) in [5, 5.41) is 12.5. The first kappa shape index (κ1) is 22.4. The zero-order valence-corrected chi connectivity index (χ0v) is 19.3. The van der Waals surface area contributed by atoms with Crippen LogP contribution >= 0.6 is 0 Å². The van der Waals surface area contributed by atoms with Gasteiger partial charge < -0.3 is 10.2 Å². The minimum Gasteiger partial charge on any atom is -0.363 e. The topological polar surface area (TPSA) is 56.1 Å². The summed E-state index contributed by atoms with van der Waals surface area (Å²) in [6.07, 6.45) is 4.91. The third-order valence-corrected chi connectivity index (χ3v) is 5.97. The standard InChI is InChI=1S/C27H31N3O/c1-7-20-9-11-23(12-10-20)29-26(31)22(17-28)14-21-15-24-19(4)16-27(5,6)30(8-2)25(24)13-18(21)3/h9-16H,7-8H2,1-6H3,(H,29,31)/b22-14-. The molecule has 4 nitrogen and oxygen atoms in total. The smallest absolute Gasteiger partial charge is 0.266 e. The number of rotatable bonds is 5. The Morgan fingerprint density at radius 3 is 2.42 bits per heavy atom. The molecule has 0 saturated carbocycles. The number of fused-ring (bicyclic) bond motifs is 1. The van der Waals surface area contributed by atoms with Gasteiger partial charge in [0.2, 0.25) is 0 Å². The van der Waals surface area contributed by atoms with Crippen molar-refractivity contribution < 1.29 is 4.79 Å². The lowest BCUT2D eigenvalue weighted by atomic mass is 9.86. The van der Waals surface area contributed by atoms with Crippen molar-refractivity contribution in [2.45, 2.75) is 53.5 Å². The fraction of sp³-hybridized carbons (Fsp3) is 0.333. The number of carbonyl (C=O) groups is 1. The van der Waals surface area contributed by atoms with E-state index in [0.29, 0.717) is 5.69 Å². The molecule has 1 aliphatic rings. The molecule has 0 aliphatic carbocycles. The highest BCUT2D eigenvalue weighted by Crippen LogP contribution is 2.40. The van der Waals surface area contributed by atoms with Crippen LogP contribution in [0.1, 0.15) is 56.9 Å². The van der Waals surface area contributed by atoms with E-state index in [9.17, 15) is 10.1 Å². The second-order valence-corrected chi connectivity index (χ2v) is 8.63. The number of likely N-dealkylation sites (N-methyl/N-ethyl adjacent to an activating group) is 1. The van der Waals surface area contributed by atoms with Crippen LogP contribution in [0.25, 0.3) is 11.6 Å². The molecule has 0 spiro atoms. The average molecular weight is 414 g/mol. The number of aryl methyl sites for hydroxylation is 2. The summed E-state index contributed by atoms with van der Waals surface area (Å²) in [4.78, 5) is 15.1. The van der Waals surface area contributed by atoms with Gasteiger partial charge in [-0.15, -0.1) is 0 Å². The van der Waals surface area contributed by atoms with Crippen LogP contribution in [-0.2, 0) is 11.2 Å². The van der Waals surface area contributed by atoms with Gasteiger partial charge in [0.15, 0.2) is 0 Å². The first-order valence-electron chi connectivity index (χ1n) is 10.8. The molecule has 0 radical (unpaired) electrons. The molecule has 31 heavy (non-hydrogen) atoms. The van der Waals surface area contributed by atoms with Gasteiger partial charge >= 0.3 is 0 Å². The molecule has 0 saturated heterocycles. The summed E-state index contributed by atoms with van der Waals surface area (Å²) < 4.78 is 0. The van der Waals surface area contributed by atoms with E-state index in [2.05, 4.69) is 69.1 Å². The molecular weight excluding hydrogens is 382 g/mol. The molecule has 0 bridgehead atoms. The molecule has 1 heterocycles. The second-order valence-electron chi connectivity index (χ2n) is 8.63. The van der Waals surface area contributed by atoms with E-state index in [1.165, 1.54) is 16.8 Å². The van der Waals surface area contributed by atoms with Crippen molar-refractivity contribution in [3.63, 3.8) is 0 Å². The summed E-state index contributed by atoms with van der Waals surface area (Å²) in [6.45, 7) is 13.7. The third-order valence-electron chi connectivity index (χ3n) is 5.97. The van der Waals surface area contributed by atoms with E-state index < -0.39 is 5.91 Å². The maximum Gasteiger partial charge on any atom is 0.266 e. The van der Waals surface area contributed by atoms with Gasteiger partial charge in [0.1, 0.15) is 11.6 Å². The molecule has 160 valence electrons. The lowest BCUT2D eigenvalue weighted by molar-refractivity contribution is -0.112. The van der Waals surface area contributed by atoms with Crippen molar-refractivity contribution in [1.29, 1.82) is 5.26 Å². The predicted octanol–water partition coefficient (Wildman–Crippen LogP) is 6.12. The second kappa shape index (κ2) is 8.81. The van der Waals surface area contributed by atoms with Gasteiger partial charge in [-0.05, 0) is 93.6 Å². The van der Waals surface area contributed by atoms with Crippen molar-refractivity contribution in [3.8, 4) is 6.07 Å². The summed E-state index contributed by atoms with van der Waals surface area (Å²) in [6, 6.07) is 14.0. The highest BCUT2D eigenvalue weighted by atomic mass is 16.1. The number of nitrogens with one attached hydrogen (secondary N) is 1. The number of hydrogen-bond donors (Lipinski definition) is 1. The molecule has 1 N–H and O–H groups in total. The molecule has 4 heteroatoms. The van der Waals surface area contributed by atoms with E-state index >= 15 is 0 Å². The number of benzene rings is 2. The number of carbonyl (C=O) groups excluding carboxylic acids is 1. The summed E-state index contributed by atoms with van der Waals surface area (Å²) in [5.74, 6) is -0.396. The van der Waals surface area contributed by atoms with Gasteiger partial charge in [-0.1, -0.05) is 25.1 Å². The number of nitriles is 1. The number of amides is 1. The van der Waals surface area contributed by atoms with Gasteiger partial charge in [-0.3, -0.25) is 4.79 Å². The summed E-state index contributed by atoms with van der Waals surface area (Å²) >= 11 is 0. The van der Waals surface area contributed by atoms with Crippen LogP contribution in [0.5, 0.6) is 0 Å². The zero-order valence-electron chi connectivity index (χ0n) is 19.3. The van der Waals surface area contributed by atoms with Gasteiger partial charge in [0, 0.05) is 23.5 Å². The Hall–Kier alpha value is -3.32. The maximum atomic E-state index is 12.7. The highest BCUT2D eigenvalue weighted by molar-refractivity contribution is 6.09. The minimum absolute atomic E-state index is 0.0549. The van der Waals surface area contributed by atoms with Crippen molar-refractivity contribution in [1.82, 2.24) is 0 Å². The lowest BCUT2D eigenvalue weighted by Crippen LogP contribution is -2.44. The highest BCUT2D eigenvalue weighted by Gasteiger charge is 2.30. The molecule has 3 rings (SSSR count). The zero-order chi connectivity index (χ0) is 22.8. The van der Waals surface area contributed by atoms with Gasteiger partial charge in [-0.2, -0.15) is 5.26 Å².